The van der Waals surface area contributed by atoms with E-state index in [1.54, 1.807) is 22.8 Å². The van der Waals surface area contributed by atoms with Gasteiger partial charge in [-0.1, -0.05) is 22.0 Å². The van der Waals surface area contributed by atoms with E-state index in [9.17, 15) is 19.5 Å². The lowest BCUT2D eigenvalue weighted by molar-refractivity contribution is -0.155. The second-order valence-electron chi connectivity index (χ2n) is 8.75. The normalized spacial score (nSPS) is 33.7. The minimum absolute atomic E-state index is 0.0112. The second-order valence-corrected chi connectivity index (χ2v) is 9.93. The Kier molecular flexibility index (Phi) is 7.48. The molecule has 3 unspecified atom stereocenters. The number of nitrogens with zero attached hydrogens (tertiary/aromatic N) is 2. The standard InChI is InChI=1S/C22H33BrN2O6/c1-5-9-24(13(3)4)20(28)18-22-12-14(23)17(31-22)15(21(29)30-6-2)16(22)19(27)25(18)10-7-8-11-26/h5,13-18,26H,1,6-12H2,2-4H3/t14?,15-,16+,17-,18?,22?/m1/s1. The second kappa shape index (κ2) is 9.58. The van der Waals surface area contributed by atoms with Crippen LogP contribution in [0.4, 0.5) is 0 Å². The van der Waals surface area contributed by atoms with Gasteiger partial charge in [-0.25, -0.2) is 0 Å². The monoisotopic (exact) mass is 500 g/mol. The Hall–Kier alpha value is -1.45. The summed E-state index contributed by atoms with van der Waals surface area (Å²) in [6.07, 6.45) is 2.71. The van der Waals surface area contributed by atoms with Crippen LogP contribution in [-0.4, -0.2) is 87.6 Å². The van der Waals surface area contributed by atoms with E-state index in [-0.39, 0.29) is 35.9 Å². The Morgan fingerprint density at radius 1 is 1.45 bits per heavy atom. The number of ether oxygens (including phenoxy) is 2. The molecule has 0 radical (unpaired) electrons. The molecule has 9 heteroatoms. The van der Waals surface area contributed by atoms with Crippen molar-refractivity contribution in [2.75, 3.05) is 26.3 Å². The number of rotatable bonds is 10. The number of likely N-dealkylation sites (tertiary alicyclic amines) is 1. The van der Waals surface area contributed by atoms with Gasteiger partial charge in [-0.3, -0.25) is 14.4 Å². The lowest BCUT2D eigenvalue weighted by Gasteiger charge is -2.38. The van der Waals surface area contributed by atoms with E-state index in [1.807, 2.05) is 13.8 Å². The molecule has 0 aromatic carbocycles. The average Bonchev–Trinajstić information content (AvgIpc) is 3.30. The van der Waals surface area contributed by atoms with Crippen LogP contribution in [-0.2, 0) is 23.9 Å². The zero-order valence-electron chi connectivity index (χ0n) is 18.5. The summed E-state index contributed by atoms with van der Waals surface area (Å²) in [6.45, 7) is 10.2. The number of esters is 1. The van der Waals surface area contributed by atoms with Crippen LogP contribution >= 0.6 is 15.9 Å². The summed E-state index contributed by atoms with van der Waals surface area (Å²) >= 11 is 3.63. The molecule has 6 atom stereocenters. The van der Waals surface area contributed by atoms with E-state index in [0.717, 1.165) is 0 Å². The molecule has 2 bridgehead atoms. The SMILES string of the molecule is C=CCN(C(=O)C1N(CCCCO)C(=O)[C@@H]2[C@@H](C(=O)OCC)[C@@H]3OC12CC3Br)C(C)C. The Labute approximate surface area is 192 Å². The molecule has 3 saturated heterocycles. The number of hydrogen-bond donors (Lipinski definition) is 1. The molecule has 3 rings (SSSR count). The number of unbranched alkanes of at least 4 members (excludes halogenated alkanes) is 1. The molecule has 3 aliphatic heterocycles. The predicted octanol–water partition coefficient (Wildman–Crippen LogP) is 1.49. The summed E-state index contributed by atoms with van der Waals surface area (Å²) in [5.74, 6) is -2.37. The fraction of sp³-hybridized carbons (Fsp3) is 0.773. The molecule has 3 fully saturated rings. The number of aliphatic hydroxyl groups is 1. The number of halogens is 1. The van der Waals surface area contributed by atoms with Crippen LogP contribution in [0.5, 0.6) is 0 Å². The zero-order valence-corrected chi connectivity index (χ0v) is 20.0. The van der Waals surface area contributed by atoms with Crippen molar-refractivity contribution in [1.29, 1.82) is 0 Å². The van der Waals surface area contributed by atoms with E-state index >= 15 is 0 Å². The third-order valence-corrected chi connectivity index (χ3v) is 7.47. The lowest BCUT2D eigenvalue weighted by atomic mass is 9.70. The summed E-state index contributed by atoms with van der Waals surface area (Å²) < 4.78 is 11.7. The molecule has 0 aliphatic carbocycles. The third kappa shape index (κ3) is 3.93. The first kappa shape index (κ1) is 24.2. The van der Waals surface area contributed by atoms with Crippen LogP contribution in [0, 0.1) is 11.8 Å². The summed E-state index contributed by atoms with van der Waals surface area (Å²) in [7, 11) is 0. The first-order valence-corrected chi connectivity index (χ1v) is 12.0. The summed E-state index contributed by atoms with van der Waals surface area (Å²) in [5.41, 5.74) is -1.07. The Morgan fingerprint density at radius 3 is 2.74 bits per heavy atom. The minimum atomic E-state index is -1.07. The summed E-state index contributed by atoms with van der Waals surface area (Å²) in [6, 6.07) is -0.912. The quantitative estimate of drug-likeness (QED) is 0.211. The van der Waals surface area contributed by atoms with Gasteiger partial charge < -0.3 is 24.4 Å². The van der Waals surface area contributed by atoms with Crippen molar-refractivity contribution in [2.45, 2.75) is 68.6 Å². The summed E-state index contributed by atoms with van der Waals surface area (Å²) in [5, 5.41) is 9.20. The van der Waals surface area contributed by atoms with Gasteiger partial charge in [0.2, 0.25) is 11.8 Å². The number of fused-ring (bicyclic) bond motifs is 1. The molecule has 0 aromatic heterocycles. The maximum Gasteiger partial charge on any atom is 0.312 e. The average molecular weight is 501 g/mol. The number of alkyl halides is 1. The van der Waals surface area contributed by atoms with Crippen molar-refractivity contribution in [3.05, 3.63) is 12.7 Å². The van der Waals surface area contributed by atoms with Gasteiger partial charge in [0.25, 0.3) is 0 Å². The molecule has 8 nitrogen and oxygen atoms in total. The van der Waals surface area contributed by atoms with E-state index in [2.05, 4.69) is 22.5 Å². The smallest absolute Gasteiger partial charge is 0.312 e. The van der Waals surface area contributed by atoms with Crippen molar-refractivity contribution in [3.8, 4) is 0 Å². The highest BCUT2D eigenvalue weighted by molar-refractivity contribution is 9.09. The molecule has 174 valence electrons. The first-order chi connectivity index (χ1) is 14.7. The zero-order chi connectivity index (χ0) is 22.9. The lowest BCUT2D eigenvalue weighted by Crippen LogP contribution is -2.58. The van der Waals surface area contributed by atoms with Crippen LogP contribution in [0.25, 0.3) is 0 Å². The molecule has 0 aromatic rings. The molecular formula is C22H33BrN2O6. The fourth-order valence-corrected chi connectivity index (χ4v) is 6.35. The van der Waals surface area contributed by atoms with Gasteiger partial charge in [0.1, 0.15) is 11.6 Å². The van der Waals surface area contributed by atoms with Crippen molar-refractivity contribution < 1.29 is 29.0 Å². The first-order valence-electron chi connectivity index (χ1n) is 11.1. The number of carbonyl (C=O) groups is 3. The van der Waals surface area contributed by atoms with Crippen LogP contribution in [0.1, 0.15) is 40.0 Å². The summed E-state index contributed by atoms with van der Waals surface area (Å²) in [4.78, 5) is 43.4. The van der Waals surface area contributed by atoms with Crippen molar-refractivity contribution in [1.82, 2.24) is 9.80 Å². The van der Waals surface area contributed by atoms with Crippen molar-refractivity contribution in [3.63, 3.8) is 0 Å². The maximum atomic E-state index is 13.8. The van der Waals surface area contributed by atoms with Crippen LogP contribution in [0.2, 0.25) is 0 Å². The molecule has 3 heterocycles. The molecule has 1 spiro atoms. The molecule has 0 saturated carbocycles. The van der Waals surface area contributed by atoms with Gasteiger partial charge in [0.05, 0.1) is 24.5 Å². The Morgan fingerprint density at radius 2 is 2.16 bits per heavy atom. The Balaban J connectivity index is 2.04. The van der Waals surface area contributed by atoms with Gasteiger partial charge in [-0.05, 0) is 40.0 Å². The molecule has 31 heavy (non-hydrogen) atoms. The van der Waals surface area contributed by atoms with Gasteiger partial charge in [-0.2, -0.15) is 0 Å². The third-order valence-electron chi connectivity index (χ3n) is 6.62. The highest BCUT2D eigenvalue weighted by Gasteiger charge is 2.77. The van der Waals surface area contributed by atoms with Crippen molar-refractivity contribution in [2.24, 2.45) is 11.8 Å². The van der Waals surface area contributed by atoms with Crippen molar-refractivity contribution >= 4 is 33.7 Å². The van der Waals surface area contributed by atoms with E-state index < -0.39 is 35.6 Å². The van der Waals surface area contributed by atoms with E-state index in [0.29, 0.717) is 32.4 Å². The highest BCUT2D eigenvalue weighted by Crippen LogP contribution is 2.60. The van der Waals surface area contributed by atoms with Gasteiger partial charge >= 0.3 is 5.97 Å². The number of hydrogen-bond acceptors (Lipinski definition) is 6. The van der Waals surface area contributed by atoms with Gasteiger partial charge in [0.15, 0.2) is 0 Å². The van der Waals surface area contributed by atoms with E-state index in [4.69, 9.17) is 9.47 Å². The van der Waals surface area contributed by atoms with Crippen LogP contribution in [0.15, 0.2) is 12.7 Å². The molecular weight excluding hydrogens is 468 g/mol. The van der Waals surface area contributed by atoms with Gasteiger partial charge in [-0.15, -0.1) is 6.58 Å². The van der Waals surface area contributed by atoms with Crippen LogP contribution < -0.4 is 0 Å². The fourth-order valence-electron chi connectivity index (χ4n) is 5.40. The minimum Gasteiger partial charge on any atom is -0.466 e. The molecule has 3 aliphatic rings. The largest absolute Gasteiger partial charge is 0.466 e. The molecule has 2 amide bonds. The van der Waals surface area contributed by atoms with Gasteiger partial charge in [0, 0.05) is 30.6 Å². The highest BCUT2D eigenvalue weighted by atomic mass is 79.9. The van der Waals surface area contributed by atoms with E-state index in [1.165, 1.54) is 0 Å². The maximum absolute atomic E-state index is 13.8. The van der Waals surface area contributed by atoms with Crippen LogP contribution in [0.3, 0.4) is 0 Å². The number of amides is 2. The predicted molar refractivity (Wildman–Crippen MR) is 117 cm³/mol. The number of carbonyl (C=O) groups excluding carboxylic acids is 3. The Bertz CT molecular complexity index is 731. The number of aliphatic hydroxyl groups excluding tert-OH is 1. The topological polar surface area (TPSA) is 96.4 Å². The molecule has 1 N–H and O–H groups in total.